The predicted octanol–water partition coefficient (Wildman–Crippen LogP) is 3.30. The first-order valence-electron chi connectivity index (χ1n) is 8.90. The molecule has 1 aromatic carbocycles. The summed E-state index contributed by atoms with van der Waals surface area (Å²) in [5.41, 5.74) is 6.35. The third kappa shape index (κ3) is 2.98. The first-order valence-corrected chi connectivity index (χ1v) is 8.90. The van der Waals surface area contributed by atoms with E-state index in [0.717, 1.165) is 26.1 Å². The number of nitrogens with zero attached hydrogens (tertiary/aromatic N) is 3. The second kappa shape index (κ2) is 6.45. The van der Waals surface area contributed by atoms with Crippen LogP contribution in [0, 0.1) is 0 Å². The van der Waals surface area contributed by atoms with Gasteiger partial charge in [-0.25, -0.2) is 0 Å². The Bertz CT molecular complexity index is 850. The fourth-order valence-corrected chi connectivity index (χ4v) is 3.71. The molecular weight excluding hydrogens is 308 g/mol. The lowest BCUT2D eigenvalue weighted by molar-refractivity contribution is 0.572. The number of fused-ring (bicyclic) bond motifs is 1. The molecule has 0 unspecified atom stereocenters. The molecule has 128 valence electrons. The maximum absolute atomic E-state index is 5.09. The maximum Gasteiger partial charge on any atom is 0.0772 e. The summed E-state index contributed by atoms with van der Waals surface area (Å²) in [4.78, 5) is 4.12. The van der Waals surface area contributed by atoms with Crippen LogP contribution >= 0.6 is 0 Å². The van der Waals surface area contributed by atoms with E-state index in [2.05, 4.69) is 71.3 Å². The van der Waals surface area contributed by atoms with E-state index in [9.17, 15) is 0 Å². The van der Waals surface area contributed by atoms with E-state index < -0.39 is 0 Å². The van der Waals surface area contributed by atoms with Crippen LogP contribution in [0.2, 0.25) is 0 Å². The molecule has 0 saturated heterocycles. The smallest absolute Gasteiger partial charge is 0.0772 e. The Morgan fingerprint density at radius 2 is 1.84 bits per heavy atom. The zero-order chi connectivity index (χ0) is 17.3. The zero-order valence-corrected chi connectivity index (χ0v) is 14.9. The van der Waals surface area contributed by atoms with E-state index in [1.165, 1.54) is 28.1 Å². The first-order chi connectivity index (χ1) is 12.2. The van der Waals surface area contributed by atoms with Crippen molar-refractivity contribution in [1.29, 1.82) is 0 Å². The van der Waals surface area contributed by atoms with E-state index in [4.69, 9.17) is 5.10 Å². The summed E-state index contributed by atoms with van der Waals surface area (Å²) < 4.78 is 2.20. The van der Waals surface area contributed by atoms with Crippen LogP contribution in [0.1, 0.15) is 41.9 Å². The lowest BCUT2D eigenvalue weighted by atomic mass is 9.79. The normalized spacial score (nSPS) is 14.3. The summed E-state index contributed by atoms with van der Waals surface area (Å²) in [6, 6.07) is 14.8. The van der Waals surface area contributed by atoms with Crippen molar-refractivity contribution in [1.82, 2.24) is 20.1 Å². The van der Waals surface area contributed by atoms with Gasteiger partial charge in [0.25, 0.3) is 0 Å². The van der Waals surface area contributed by atoms with E-state index in [-0.39, 0.29) is 5.41 Å². The number of pyridine rings is 1. The van der Waals surface area contributed by atoms with E-state index in [1.807, 2.05) is 12.4 Å². The third-order valence-electron chi connectivity index (χ3n) is 5.18. The van der Waals surface area contributed by atoms with Crippen LogP contribution in [0.4, 0.5) is 0 Å². The van der Waals surface area contributed by atoms with Crippen LogP contribution in [-0.2, 0) is 24.9 Å². The number of benzene rings is 1. The highest BCUT2D eigenvalue weighted by molar-refractivity contribution is 5.41. The molecule has 4 rings (SSSR count). The van der Waals surface area contributed by atoms with Crippen molar-refractivity contribution < 1.29 is 0 Å². The Labute approximate surface area is 148 Å². The summed E-state index contributed by atoms with van der Waals surface area (Å²) in [5.74, 6) is 0. The van der Waals surface area contributed by atoms with Crippen molar-refractivity contribution in [3.8, 4) is 0 Å². The molecule has 0 amide bonds. The number of hydrogen-bond acceptors (Lipinski definition) is 3. The van der Waals surface area contributed by atoms with Crippen molar-refractivity contribution >= 4 is 0 Å². The Balaban J connectivity index is 1.78. The van der Waals surface area contributed by atoms with Crippen LogP contribution in [0.3, 0.4) is 0 Å². The van der Waals surface area contributed by atoms with Gasteiger partial charge in [-0.2, -0.15) is 5.10 Å². The molecule has 3 aromatic rings. The molecule has 3 heterocycles. The Morgan fingerprint density at radius 1 is 1.08 bits per heavy atom. The van der Waals surface area contributed by atoms with Gasteiger partial charge in [-0.3, -0.25) is 9.67 Å². The molecule has 4 heteroatoms. The minimum atomic E-state index is -0.117. The largest absolute Gasteiger partial charge is 0.312 e. The van der Waals surface area contributed by atoms with Gasteiger partial charge in [0.2, 0.25) is 0 Å². The summed E-state index contributed by atoms with van der Waals surface area (Å²) in [7, 11) is 0. The molecule has 25 heavy (non-hydrogen) atoms. The summed E-state index contributed by atoms with van der Waals surface area (Å²) in [5, 5.41) is 8.61. The van der Waals surface area contributed by atoms with Gasteiger partial charge in [0, 0.05) is 48.6 Å². The zero-order valence-electron chi connectivity index (χ0n) is 14.9. The second-order valence-electron chi connectivity index (χ2n) is 7.20. The van der Waals surface area contributed by atoms with E-state index in [0.29, 0.717) is 0 Å². The Hall–Kier alpha value is -2.46. The van der Waals surface area contributed by atoms with Gasteiger partial charge in [-0.15, -0.1) is 0 Å². The van der Waals surface area contributed by atoms with Gasteiger partial charge < -0.3 is 5.32 Å². The summed E-state index contributed by atoms with van der Waals surface area (Å²) >= 11 is 0. The van der Waals surface area contributed by atoms with E-state index >= 15 is 0 Å². The highest BCUT2D eigenvalue weighted by Crippen LogP contribution is 2.35. The van der Waals surface area contributed by atoms with Crippen LogP contribution in [-0.4, -0.2) is 21.3 Å². The molecule has 0 bridgehead atoms. The molecule has 1 aliphatic heterocycles. The summed E-state index contributed by atoms with van der Waals surface area (Å²) in [6.45, 7) is 7.26. The van der Waals surface area contributed by atoms with Gasteiger partial charge in [-0.1, -0.05) is 44.2 Å². The van der Waals surface area contributed by atoms with Gasteiger partial charge in [0.15, 0.2) is 0 Å². The first kappa shape index (κ1) is 16.0. The number of aromatic nitrogens is 3. The third-order valence-corrected chi connectivity index (χ3v) is 5.18. The number of rotatable bonds is 4. The van der Waals surface area contributed by atoms with Gasteiger partial charge in [0.05, 0.1) is 12.2 Å². The number of hydrogen-bond donors (Lipinski definition) is 1. The lowest BCUT2D eigenvalue weighted by Gasteiger charge is -2.26. The fraction of sp³-hybridized carbons (Fsp3) is 0.333. The molecule has 0 radical (unpaired) electrons. The monoisotopic (exact) mass is 332 g/mol. The predicted molar refractivity (Wildman–Crippen MR) is 99.5 cm³/mol. The topological polar surface area (TPSA) is 42.7 Å². The van der Waals surface area contributed by atoms with Crippen molar-refractivity contribution in [2.75, 3.05) is 6.54 Å². The SMILES string of the molecule is CC(C)(c1ccccc1)c1nn(Cc2ccncc2)c2c1CNCC2. The Kier molecular flexibility index (Phi) is 4.14. The molecule has 2 aromatic heterocycles. The Morgan fingerprint density at radius 3 is 2.60 bits per heavy atom. The molecule has 0 atom stereocenters. The average Bonchev–Trinajstić information content (AvgIpc) is 3.03. The molecule has 0 saturated carbocycles. The average molecular weight is 332 g/mol. The van der Waals surface area contributed by atoms with Crippen LogP contribution in [0.25, 0.3) is 0 Å². The van der Waals surface area contributed by atoms with E-state index in [1.54, 1.807) is 0 Å². The van der Waals surface area contributed by atoms with Gasteiger partial charge in [-0.05, 0) is 23.3 Å². The second-order valence-corrected chi connectivity index (χ2v) is 7.20. The highest BCUT2D eigenvalue weighted by Gasteiger charge is 2.32. The minimum Gasteiger partial charge on any atom is -0.312 e. The molecule has 1 N–H and O–H groups in total. The summed E-state index contributed by atoms with van der Waals surface area (Å²) in [6.07, 6.45) is 4.72. The van der Waals surface area contributed by atoms with Gasteiger partial charge in [0.1, 0.15) is 0 Å². The molecule has 0 aliphatic carbocycles. The van der Waals surface area contributed by atoms with Crippen molar-refractivity contribution in [3.05, 3.63) is 82.9 Å². The van der Waals surface area contributed by atoms with Gasteiger partial charge >= 0.3 is 0 Å². The lowest BCUT2D eigenvalue weighted by Crippen LogP contribution is -2.28. The fourth-order valence-electron chi connectivity index (χ4n) is 3.71. The van der Waals surface area contributed by atoms with Crippen molar-refractivity contribution in [2.24, 2.45) is 0 Å². The van der Waals surface area contributed by atoms with Crippen LogP contribution in [0.15, 0.2) is 54.9 Å². The highest BCUT2D eigenvalue weighted by atomic mass is 15.3. The van der Waals surface area contributed by atoms with Crippen LogP contribution < -0.4 is 5.32 Å². The van der Waals surface area contributed by atoms with Crippen molar-refractivity contribution in [2.45, 2.75) is 38.8 Å². The minimum absolute atomic E-state index is 0.117. The standard InChI is InChI=1S/C21H24N4/c1-21(2,17-6-4-3-5-7-17)20-18-14-23-13-10-19(18)25(24-20)15-16-8-11-22-12-9-16/h3-9,11-12,23H,10,13-15H2,1-2H3. The quantitative estimate of drug-likeness (QED) is 0.797. The number of nitrogens with one attached hydrogen (secondary N) is 1. The molecular formula is C21H24N4. The maximum atomic E-state index is 5.09. The molecule has 0 spiro atoms. The van der Waals surface area contributed by atoms with Crippen LogP contribution in [0.5, 0.6) is 0 Å². The molecule has 1 aliphatic rings. The molecule has 0 fully saturated rings. The molecule has 4 nitrogen and oxygen atoms in total. The van der Waals surface area contributed by atoms with Crippen molar-refractivity contribution in [3.63, 3.8) is 0 Å².